The third-order valence-electron chi connectivity index (χ3n) is 3.16. The lowest BCUT2D eigenvalue weighted by molar-refractivity contribution is 0.532. The van der Waals surface area contributed by atoms with Crippen LogP contribution in [-0.2, 0) is 6.54 Å². The Bertz CT molecular complexity index is 604. The number of aliphatic imine (C=N–C) groups is 1. The molecule has 2 heterocycles. The molecule has 1 aromatic heterocycles. The predicted octanol–water partition coefficient (Wildman–Crippen LogP) is 1.88. The van der Waals surface area contributed by atoms with Crippen LogP contribution in [0.15, 0.2) is 23.2 Å². The molecule has 1 aliphatic heterocycles. The van der Waals surface area contributed by atoms with Crippen molar-refractivity contribution in [1.29, 1.82) is 0 Å². The topological polar surface area (TPSA) is 56.3 Å². The van der Waals surface area contributed by atoms with Crippen molar-refractivity contribution in [3.05, 3.63) is 29.6 Å². The number of hydrogen-bond acceptors (Lipinski definition) is 4. The molecule has 0 saturated heterocycles. The molecule has 0 atom stereocenters. The highest BCUT2D eigenvalue weighted by Gasteiger charge is 2.12. The summed E-state index contributed by atoms with van der Waals surface area (Å²) in [6, 6.07) is 6.24. The highest BCUT2D eigenvalue weighted by Crippen LogP contribution is 2.13. The molecule has 2 aromatic rings. The summed E-state index contributed by atoms with van der Waals surface area (Å²) in [6.45, 7) is 4.62. The Morgan fingerprint density at radius 2 is 2.26 bits per heavy atom. The van der Waals surface area contributed by atoms with Crippen molar-refractivity contribution in [3.63, 3.8) is 0 Å². The van der Waals surface area contributed by atoms with Crippen molar-refractivity contribution < 1.29 is 0 Å². The Labute approximate surface area is 129 Å². The number of nitrogens with one attached hydrogen (secondary N) is 2. The summed E-state index contributed by atoms with van der Waals surface area (Å²) < 4.78 is 0. The van der Waals surface area contributed by atoms with Gasteiger partial charge >= 0.3 is 0 Å². The van der Waals surface area contributed by atoms with Gasteiger partial charge in [0.25, 0.3) is 0 Å². The number of aromatic nitrogens is 2. The number of likely N-dealkylation sites (N-methyl/N-ethyl adjacent to an activating group) is 1. The molecule has 0 saturated carbocycles. The van der Waals surface area contributed by atoms with E-state index in [0.29, 0.717) is 6.54 Å². The fourth-order valence-electron chi connectivity index (χ4n) is 2.15. The van der Waals surface area contributed by atoms with Gasteiger partial charge in [0.15, 0.2) is 5.96 Å². The van der Waals surface area contributed by atoms with Crippen LogP contribution in [0.5, 0.6) is 0 Å². The van der Waals surface area contributed by atoms with Crippen LogP contribution in [-0.4, -0.2) is 41.0 Å². The Morgan fingerprint density at radius 3 is 3.00 bits per heavy atom. The number of H-pyrrole nitrogens is 1. The van der Waals surface area contributed by atoms with Gasteiger partial charge in [-0.2, -0.15) is 0 Å². The van der Waals surface area contributed by atoms with Crippen LogP contribution in [0.2, 0.25) is 0 Å². The van der Waals surface area contributed by atoms with E-state index in [1.54, 1.807) is 0 Å². The predicted molar refractivity (Wildman–Crippen MR) is 88.0 cm³/mol. The lowest BCUT2D eigenvalue weighted by Crippen LogP contribution is -2.35. The summed E-state index contributed by atoms with van der Waals surface area (Å²) in [5, 5.41) is 3.31. The van der Waals surface area contributed by atoms with Crippen LogP contribution in [0.3, 0.4) is 0 Å². The summed E-state index contributed by atoms with van der Waals surface area (Å²) in [4.78, 5) is 14.4. The minimum atomic E-state index is 0. The molecule has 1 aliphatic rings. The molecule has 3 rings (SSSR count). The maximum absolute atomic E-state index is 4.55. The second-order valence-corrected chi connectivity index (χ2v) is 4.68. The molecule has 0 spiro atoms. The van der Waals surface area contributed by atoms with E-state index in [4.69, 9.17) is 0 Å². The standard InChI is InChI=1S/C13H17N5.HI/c1-9-3-4-10-11(7-9)17-12(16-10)8-15-13-14-5-6-18(13)2;/h3-4,7H,5-6,8H2,1-2H3,(H,14,15)(H,16,17);1H. The number of aromatic amines is 1. The molecule has 0 fully saturated rings. The van der Waals surface area contributed by atoms with E-state index >= 15 is 0 Å². The largest absolute Gasteiger partial charge is 0.349 e. The molecule has 19 heavy (non-hydrogen) atoms. The fourth-order valence-corrected chi connectivity index (χ4v) is 2.15. The number of nitrogens with zero attached hydrogens (tertiary/aromatic N) is 3. The molecular formula is C13H18IN5. The van der Waals surface area contributed by atoms with E-state index in [2.05, 4.69) is 44.2 Å². The molecule has 102 valence electrons. The minimum absolute atomic E-state index is 0. The van der Waals surface area contributed by atoms with Crippen molar-refractivity contribution in [2.24, 2.45) is 4.99 Å². The second-order valence-electron chi connectivity index (χ2n) is 4.68. The molecule has 0 radical (unpaired) electrons. The van der Waals surface area contributed by atoms with Gasteiger partial charge in [-0.1, -0.05) is 6.07 Å². The lowest BCUT2D eigenvalue weighted by Gasteiger charge is -2.14. The number of benzene rings is 1. The van der Waals surface area contributed by atoms with Crippen LogP contribution in [0, 0.1) is 6.92 Å². The zero-order chi connectivity index (χ0) is 12.5. The van der Waals surface area contributed by atoms with Crippen molar-refractivity contribution in [3.8, 4) is 0 Å². The molecule has 0 amide bonds. The monoisotopic (exact) mass is 371 g/mol. The first-order valence-corrected chi connectivity index (χ1v) is 6.17. The normalized spacial score (nSPS) is 14.4. The van der Waals surface area contributed by atoms with E-state index in [9.17, 15) is 0 Å². The van der Waals surface area contributed by atoms with Crippen molar-refractivity contribution in [2.75, 3.05) is 20.1 Å². The number of rotatable bonds is 2. The molecule has 0 aliphatic carbocycles. The SMILES string of the molecule is Cc1ccc2nc(CNC3=NCCN3C)[nH]c2c1.I. The number of guanidine groups is 1. The number of hydrogen-bond donors (Lipinski definition) is 2. The van der Waals surface area contributed by atoms with Gasteiger partial charge in [0, 0.05) is 13.6 Å². The van der Waals surface area contributed by atoms with Gasteiger partial charge in [-0.05, 0) is 24.6 Å². The van der Waals surface area contributed by atoms with Crippen LogP contribution >= 0.6 is 24.0 Å². The average Bonchev–Trinajstić information content (AvgIpc) is 2.92. The third-order valence-corrected chi connectivity index (χ3v) is 3.16. The van der Waals surface area contributed by atoms with Crippen molar-refractivity contribution in [1.82, 2.24) is 20.2 Å². The van der Waals surface area contributed by atoms with Gasteiger partial charge in [0.2, 0.25) is 0 Å². The Balaban J connectivity index is 0.00000133. The highest BCUT2D eigenvalue weighted by atomic mass is 127. The van der Waals surface area contributed by atoms with E-state index < -0.39 is 0 Å². The molecular weight excluding hydrogens is 353 g/mol. The van der Waals surface area contributed by atoms with Crippen LogP contribution < -0.4 is 5.32 Å². The summed E-state index contributed by atoms with van der Waals surface area (Å²) in [5.74, 6) is 1.89. The molecule has 2 N–H and O–H groups in total. The average molecular weight is 371 g/mol. The van der Waals surface area contributed by atoms with Crippen LogP contribution in [0.25, 0.3) is 11.0 Å². The number of halogens is 1. The smallest absolute Gasteiger partial charge is 0.194 e. The van der Waals surface area contributed by atoms with Gasteiger partial charge in [0.05, 0.1) is 24.1 Å². The van der Waals surface area contributed by atoms with E-state index in [1.807, 2.05) is 13.1 Å². The first-order chi connectivity index (χ1) is 8.72. The van der Waals surface area contributed by atoms with Gasteiger partial charge < -0.3 is 15.2 Å². The number of fused-ring (bicyclic) bond motifs is 1. The second kappa shape index (κ2) is 5.77. The van der Waals surface area contributed by atoms with Gasteiger partial charge in [-0.25, -0.2) is 4.98 Å². The highest BCUT2D eigenvalue weighted by molar-refractivity contribution is 14.0. The maximum atomic E-state index is 4.55. The summed E-state index contributed by atoms with van der Waals surface area (Å²) >= 11 is 0. The van der Waals surface area contributed by atoms with E-state index in [-0.39, 0.29) is 24.0 Å². The maximum Gasteiger partial charge on any atom is 0.194 e. The molecule has 1 aromatic carbocycles. The molecule has 5 nitrogen and oxygen atoms in total. The minimum Gasteiger partial charge on any atom is -0.349 e. The van der Waals surface area contributed by atoms with E-state index in [1.165, 1.54) is 5.56 Å². The first-order valence-electron chi connectivity index (χ1n) is 6.17. The number of aryl methyl sites for hydroxylation is 1. The molecule has 0 unspecified atom stereocenters. The van der Waals surface area contributed by atoms with Crippen molar-refractivity contribution >= 4 is 41.0 Å². The Morgan fingerprint density at radius 1 is 1.42 bits per heavy atom. The Hall–Kier alpha value is -1.31. The van der Waals surface area contributed by atoms with Gasteiger partial charge in [0.1, 0.15) is 5.82 Å². The fraction of sp³-hybridized carbons (Fsp3) is 0.385. The molecule has 0 bridgehead atoms. The lowest BCUT2D eigenvalue weighted by atomic mass is 10.2. The first kappa shape index (κ1) is 14.1. The third kappa shape index (κ3) is 2.99. The summed E-state index contributed by atoms with van der Waals surface area (Å²) in [6.07, 6.45) is 0. The van der Waals surface area contributed by atoms with Gasteiger partial charge in [-0.15, -0.1) is 24.0 Å². The van der Waals surface area contributed by atoms with Gasteiger partial charge in [-0.3, -0.25) is 4.99 Å². The van der Waals surface area contributed by atoms with E-state index in [0.717, 1.165) is 35.9 Å². The molecule has 6 heteroatoms. The quantitative estimate of drug-likeness (QED) is 0.793. The zero-order valence-electron chi connectivity index (χ0n) is 11.1. The summed E-state index contributed by atoms with van der Waals surface area (Å²) in [5.41, 5.74) is 3.35. The Kier molecular flexibility index (Phi) is 4.28. The zero-order valence-corrected chi connectivity index (χ0v) is 13.4. The van der Waals surface area contributed by atoms with Crippen molar-refractivity contribution in [2.45, 2.75) is 13.5 Å². The number of imidazole rings is 1. The summed E-state index contributed by atoms with van der Waals surface area (Å²) in [7, 11) is 2.04. The van der Waals surface area contributed by atoms with Crippen LogP contribution in [0.4, 0.5) is 0 Å². The van der Waals surface area contributed by atoms with Crippen LogP contribution in [0.1, 0.15) is 11.4 Å².